The van der Waals surface area contributed by atoms with E-state index in [0.717, 1.165) is 36.1 Å². The molecule has 2 amide bonds. The van der Waals surface area contributed by atoms with E-state index in [-0.39, 0.29) is 6.04 Å². The van der Waals surface area contributed by atoms with Crippen LogP contribution in [0.15, 0.2) is 18.2 Å². The van der Waals surface area contributed by atoms with Crippen LogP contribution in [0.25, 0.3) is 0 Å². The Labute approximate surface area is 126 Å². The minimum absolute atomic E-state index is 0.120. The molecule has 0 aliphatic heterocycles. The van der Waals surface area contributed by atoms with Crippen molar-refractivity contribution in [2.45, 2.75) is 52.5 Å². The lowest BCUT2D eigenvalue weighted by atomic mass is 9.86. The average molecular weight is 288 g/mol. The van der Waals surface area contributed by atoms with Crippen LogP contribution >= 0.6 is 0 Å². The first-order chi connectivity index (χ1) is 9.99. The summed E-state index contributed by atoms with van der Waals surface area (Å²) in [7, 11) is 0. The number of hydrogen-bond acceptors (Lipinski definition) is 2. The molecule has 21 heavy (non-hydrogen) atoms. The molecule has 114 valence electrons. The molecule has 1 aliphatic rings. The molecule has 0 aromatic heterocycles. The highest BCUT2D eigenvalue weighted by molar-refractivity contribution is 6.39. The van der Waals surface area contributed by atoms with Crippen LogP contribution in [0.3, 0.4) is 0 Å². The fraction of sp³-hybridized carbons (Fsp3) is 0.529. The Balaban J connectivity index is 1.98. The van der Waals surface area contributed by atoms with Gasteiger partial charge in [-0.15, -0.1) is 0 Å². The van der Waals surface area contributed by atoms with Crippen LogP contribution in [0.4, 0.5) is 5.69 Å². The molecule has 4 nitrogen and oxygen atoms in total. The van der Waals surface area contributed by atoms with E-state index in [2.05, 4.69) is 17.6 Å². The molecule has 2 atom stereocenters. The van der Waals surface area contributed by atoms with Crippen LogP contribution < -0.4 is 10.6 Å². The number of amides is 2. The standard InChI is InChI=1S/C17H24N2O2/c1-11-7-4-5-10-14(11)18-16(20)17(21)19-15-12(2)8-6-9-13(15)3/h6,8-9,11,14H,4-5,7,10H2,1-3H3,(H,18,20)(H,19,21). The zero-order valence-corrected chi connectivity index (χ0v) is 13.0. The molecule has 2 rings (SSSR count). The third-order valence-electron chi connectivity index (χ3n) is 4.35. The Bertz CT molecular complexity index is 519. The summed E-state index contributed by atoms with van der Waals surface area (Å²) >= 11 is 0. The number of benzene rings is 1. The molecule has 1 aliphatic carbocycles. The monoisotopic (exact) mass is 288 g/mol. The molecule has 2 N–H and O–H groups in total. The van der Waals surface area contributed by atoms with Gasteiger partial charge in [0, 0.05) is 11.7 Å². The summed E-state index contributed by atoms with van der Waals surface area (Å²) in [6.45, 7) is 5.97. The summed E-state index contributed by atoms with van der Waals surface area (Å²) in [6.07, 6.45) is 4.41. The van der Waals surface area contributed by atoms with E-state index in [1.807, 2.05) is 32.0 Å². The number of aryl methyl sites for hydroxylation is 2. The Hall–Kier alpha value is -1.84. The van der Waals surface area contributed by atoms with Crippen LogP contribution in [0.1, 0.15) is 43.7 Å². The number of carbonyl (C=O) groups excluding carboxylic acids is 2. The van der Waals surface area contributed by atoms with Gasteiger partial charge in [0.05, 0.1) is 0 Å². The minimum Gasteiger partial charge on any atom is -0.345 e. The van der Waals surface area contributed by atoms with E-state index < -0.39 is 11.8 Å². The number of nitrogens with one attached hydrogen (secondary N) is 2. The van der Waals surface area contributed by atoms with Crippen molar-refractivity contribution in [2.75, 3.05) is 5.32 Å². The van der Waals surface area contributed by atoms with Gasteiger partial charge >= 0.3 is 11.8 Å². The number of hydrogen-bond donors (Lipinski definition) is 2. The highest BCUT2D eigenvalue weighted by atomic mass is 16.2. The Kier molecular flexibility index (Phi) is 4.99. The minimum atomic E-state index is -0.579. The maximum Gasteiger partial charge on any atom is 0.313 e. The first-order valence-electron chi connectivity index (χ1n) is 7.67. The van der Waals surface area contributed by atoms with Crippen LogP contribution in [-0.4, -0.2) is 17.9 Å². The summed E-state index contributed by atoms with van der Waals surface area (Å²) in [5.41, 5.74) is 2.65. The van der Waals surface area contributed by atoms with E-state index in [1.54, 1.807) is 0 Å². The van der Waals surface area contributed by atoms with E-state index in [0.29, 0.717) is 5.92 Å². The molecule has 0 saturated heterocycles. The summed E-state index contributed by atoms with van der Waals surface area (Å²) in [5.74, 6) is -0.669. The van der Waals surface area contributed by atoms with E-state index in [1.165, 1.54) is 6.42 Å². The summed E-state index contributed by atoms with van der Waals surface area (Å²) in [5, 5.41) is 5.61. The highest BCUT2D eigenvalue weighted by Gasteiger charge is 2.25. The number of para-hydroxylation sites is 1. The molecule has 4 heteroatoms. The van der Waals surface area contributed by atoms with Crippen molar-refractivity contribution >= 4 is 17.5 Å². The van der Waals surface area contributed by atoms with Crippen LogP contribution in [0.5, 0.6) is 0 Å². The zero-order chi connectivity index (χ0) is 15.4. The van der Waals surface area contributed by atoms with Gasteiger partial charge in [-0.3, -0.25) is 9.59 Å². The predicted molar refractivity (Wildman–Crippen MR) is 84.1 cm³/mol. The fourth-order valence-corrected chi connectivity index (χ4v) is 2.95. The van der Waals surface area contributed by atoms with Gasteiger partial charge in [0.25, 0.3) is 0 Å². The predicted octanol–water partition coefficient (Wildman–Crippen LogP) is 2.94. The first kappa shape index (κ1) is 15.5. The van der Waals surface area contributed by atoms with Crippen molar-refractivity contribution in [2.24, 2.45) is 5.92 Å². The number of rotatable bonds is 2. The van der Waals surface area contributed by atoms with Gasteiger partial charge < -0.3 is 10.6 Å². The van der Waals surface area contributed by atoms with Gasteiger partial charge in [-0.25, -0.2) is 0 Å². The van der Waals surface area contributed by atoms with Crippen LogP contribution in [-0.2, 0) is 9.59 Å². The lowest BCUT2D eigenvalue weighted by Crippen LogP contribution is -2.45. The summed E-state index contributed by atoms with van der Waals surface area (Å²) in [6, 6.07) is 5.90. The molecule has 2 unspecified atom stereocenters. The maximum absolute atomic E-state index is 12.1. The summed E-state index contributed by atoms with van der Waals surface area (Å²) in [4.78, 5) is 24.1. The zero-order valence-electron chi connectivity index (χ0n) is 13.0. The average Bonchev–Trinajstić information content (AvgIpc) is 2.45. The van der Waals surface area contributed by atoms with Gasteiger partial charge in [0.1, 0.15) is 0 Å². The Morgan fingerprint density at radius 1 is 1.05 bits per heavy atom. The molecule has 1 saturated carbocycles. The topological polar surface area (TPSA) is 58.2 Å². The quantitative estimate of drug-likeness (QED) is 0.822. The molecule has 0 heterocycles. The SMILES string of the molecule is Cc1cccc(C)c1NC(=O)C(=O)NC1CCCCC1C. The third-order valence-corrected chi connectivity index (χ3v) is 4.35. The second-order valence-electron chi connectivity index (χ2n) is 6.06. The molecule has 0 spiro atoms. The van der Waals surface area contributed by atoms with E-state index >= 15 is 0 Å². The molecular formula is C17H24N2O2. The molecule has 1 aromatic rings. The second kappa shape index (κ2) is 6.74. The Morgan fingerprint density at radius 2 is 1.67 bits per heavy atom. The van der Waals surface area contributed by atoms with E-state index in [9.17, 15) is 9.59 Å². The third kappa shape index (κ3) is 3.84. The maximum atomic E-state index is 12.1. The van der Waals surface area contributed by atoms with Crippen molar-refractivity contribution in [1.82, 2.24) is 5.32 Å². The van der Waals surface area contributed by atoms with Gasteiger partial charge in [-0.2, -0.15) is 0 Å². The number of anilines is 1. The molecule has 1 aromatic carbocycles. The second-order valence-corrected chi connectivity index (χ2v) is 6.06. The van der Waals surface area contributed by atoms with Crippen molar-refractivity contribution in [3.05, 3.63) is 29.3 Å². The van der Waals surface area contributed by atoms with Crippen molar-refractivity contribution < 1.29 is 9.59 Å². The van der Waals surface area contributed by atoms with Gasteiger partial charge in [-0.1, -0.05) is 38.0 Å². The Morgan fingerprint density at radius 3 is 2.29 bits per heavy atom. The summed E-state index contributed by atoms with van der Waals surface area (Å²) < 4.78 is 0. The molecular weight excluding hydrogens is 264 g/mol. The fourth-order valence-electron chi connectivity index (χ4n) is 2.95. The van der Waals surface area contributed by atoms with Gasteiger partial charge in [0.15, 0.2) is 0 Å². The van der Waals surface area contributed by atoms with Crippen LogP contribution in [0.2, 0.25) is 0 Å². The largest absolute Gasteiger partial charge is 0.345 e. The molecule has 1 fully saturated rings. The lowest BCUT2D eigenvalue weighted by Gasteiger charge is -2.29. The van der Waals surface area contributed by atoms with Crippen LogP contribution in [0, 0.1) is 19.8 Å². The van der Waals surface area contributed by atoms with E-state index in [4.69, 9.17) is 0 Å². The van der Waals surface area contributed by atoms with Crippen molar-refractivity contribution in [3.63, 3.8) is 0 Å². The van der Waals surface area contributed by atoms with Crippen molar-refractivity contribution in [3.8, 4) is 0 Å². The normalized spacial score (nSPS) is 21.7. The smallest absolute Gasteiger partial charge is 0.313 e. The first-order valence-corrected chi connectivity index (χ1v) is 7.67. The molecule has 0 radical (unpaired) electrons. The molecule has 0 bridgehead atoms. The lowest BCUT2D eigenvalue weighted by molar-refractivity contribution is -0.137. The number of carbonyl (C=O) groups is 2. The van der Waals surface area contributed by atoms with Gasteiger partial charge in [0.2, 0.25) is 0 Å². The highest BCUT2D eigenvalue weighted by Crippen LogP contribution is 2.24. The van der Waals surface area contributed by atoms with Crippen molar-refractivity contribution in [1.29, 1.82) is 0 Å². The van der Waals surface area contributed by atoms with Gasteiger partial charge in [-0.05, 0) is 43.7 Å².